The number of ether oxygens (including phenoxy) is 2. The molecule has 7 nitrogen and oxygen atoms in total. The maximum atomic E-state index is 13.2. The van der Waals surface area contributed by atoms with E-state index >= 15 is 0 Å². The number of fused-ring (bicyclic) bond motifs is 4. The van der Waals surface area contributed by atoms with Gasteiger partial charge in [0.1, 0.15) is 11.9 Å². The Morgan fingerprint density at radius 1 is 1.17 bits per heavy atom. The number of benzene rings is 1. The van der Waals surface area contributed by atoms with Gasteiger partial charge in [-0.1, -0.05) is 20.8 Å². The normalized spacial score (nSPS) is 23.5. The highest BCUT2D eigenvalue weighted by Crippen LogP contribution is 2.45. The predicted octanol–water partition coefficient (Wildman–Crippen LogP) is 6.85. The average molecular weight is 603 g/mol. The van der Waals surface area contributed by atoms with Gasteiger partial charge in [-0.05, 0) is 97.8 Å². The zero-order valence-corrected chi connectivity index (χ0v) is 27.9. The van der Waals surface area contributed by atoms with E-state index in [9.17, 15) is 4.79 Å². The lowest BCUT2D eigenvalue weighted by molar-refractivity contribution is -0.160. The summed E-state index contributed by atoms with van der Waals surface area (Å²) in [6.45, 7) is 10.5. The molecule has 0 spiro atoms. The van der Waals surface area contributed by atoms with E-state index in [-0.39, 0.29) is 23.5 Å². The van der Waals surface area contributed by atoms with Crippen LogP contribution in [0.2, 0.25) is 12.6 Å². The smallest absolute Gasteiger partial charge is 0.334 e. The summed E-state index contributed by atoms with van der Waals surface area (Å²) in [4.78, 5) is 20.4. The standard InChI is InChI=1S/C32H50N2O5SSi/c1-32(2,3)21-30(35)39-31(26-11-14-33-28-10-9-25(36-4)20-27(26)28)29-19-23-12-15-34(29)22-24(23)13-17-40-16-8-18-41(7,37-5)38-6/h9-11,14,20,23-24,29,31H,8,12-13,15-19,21-22H2,1-7H3/t23?,24?,29-,31?/m0/s1. The second-order valence-electron chi connectivity index (χ2n) is 13.1. The molecular formula is C32H50N2O5SSi. The number of hydrogen-bond acceptors (Lipinski definition) is 8. The van der Waals surface area contributed by atoms with E-state index in [1.54, 1.807) is 21.3 Å². The first kappa shape index (κ1) is 32.3. The van der Waals surface area contributed by atoms with Gasteiger partial charge in [0.25, 0.3) is 0 Å². The Bertz CT molecular complexity index is 1150. The summed E-state index contributed by atoms with van der Waals surface area (Å²) < 4.78 is 23.2. The molecule has 5 rings (SSSR count). The average Bonchev–Trinajstić information content (AvgIpc) is 2.96. The minimum atomic E-state index is -1.96. The van der Waals surface area contributed by atoms with Gasteiger partial charge in [-0.25, -0.2) is 0 Å². The molecule has 0 aliphatic carbocycles. The lowest BCUT2D eigenvalue weighted by atomic mass is 9.72. The topological polar surface area (TPSA) is 70.1 Å². The molecule has 3 aliphatic rings. The largest absolute Gasteiger partial charge is 0.497 e. The Morgan fingerprint density at radius 3 is 2.61 bits per heavy atom. The monoisotopic (exact) mass is 602 g/mol. The van der Waals surface area contributed by atoms with Gasteiger partial charge in [-0.2, -0.15) is 11.8 Å². The summed E-state index contributed by atoms with van der Waals surface area (Å²) in [6, 6.07) is 9.20. The number of rotatable bonds is 14. The van der Waals surface area contributed by atoms with Crippen molar-refractivity contribution in [3.63, 3.8) is 0 Å². The van der Waals surface area contributed by atoms with Crippen LogP contribution in [0.15, 0.2) is 30.5 Å². The molecular weight excluding hydrogens is 553 g/mol. The molecule has 5 atom stereocenters. The van der Waals surface area contributed by atoms with Crippen LogP contribution < -0.4 is 4.74 Å². The van der Waals surface area contributed by atoms with Crippen LogP contribution in [0.25, 0.3) is 10.9 Å². The highest BCUT2D eigenvalue weighted by molar-refractivity contribution is 7.99. The number of hydrogen-bond donors (Lipinski definition) is 0. The maximum absolute atomic E-state index is 13.2. The van der Waals surface area contributed by atoms with Crippen molar-refractivity contribution in [2.45, 2.75) is 77.6 Å². The van der Waals surface area contributed by atoms with E-state index in [0.29, 0.717) is 18.3 Å². The Balaban J connectivity index is 1.45. The van der Waals surface area contributed by atoms with Crippen molar-refractivity contribution in [2.24, 2.45) is 17.3 Å². The summed E-state index contributed by atoms with van der Waals surface area (Å²) in [5.41, 5.74) is 1.79. The number of thioether (sulfide) groups is 1. The van der Waals surface area contributed by atoms with Crippen molar-refractivity contribution < 1.29 is 23.1 Å². The molecule has 0 radical (unpaired) electrons. The highest BCUT2D eigenvalue weighted by atomic mass is 32.2. The first-order chi connectivity index (χ1) is 19.6. The van der Waals surface area contributed by atoms with Crippen molar-refractivity contribution in [3.05, 3.63) is 36.0 Å². The van der Waals surface area contributed by atoms with Crippen molar-refractivity contribution in [3.8, 4) is 5.75 Å². The van der Waals surface area contributed by atoms with E-state index in [1.807, 2.05) is 30.5 Å². The van der Waals surface area contributed by atoms with Crippen LogP contribution in [-0.4, -0.2) is 76.4 Å². The van der Waals surface area contributed by atoms with Gasteiger partial charge in [0.15, 0.2) is 0 Å². The number of aromatic nitrogens is 1. The van der Waals surface area contributed by atoms with Gasteiger partial charge in [0.2, 0.25) is 0 Å². The second-order valence-corrected chi connectivity index (χ2v) is 17.9. The summed E-state index contributed by atoms with van der Waals surface area (Å²) >= 11 is 2.06. The van der Waals surface area contributed by atoms with Gasteiger partial charge in [-0.15, -0.1) is 0 Å². The molecule has 41 heavy (non-hydrogen) atoms. The molecule has 0 amide bonds. The predicted molar refractivity (Wildman–Crippen MR) is 170 cm³/mol. The molecule has 3 fully saturated rings. The van der Waals surface area contributed by atoms with Gasteiger partial charge < -0.3 is 18.3 Å². The Hall–Kier alpha value is -1.65. The molecule has 4 heterocycles. The van der Waals surface area contributed by atoms with Crippen LogP contribution in [-0.2, 0) is 18.4 Å². The molecule has 0 N–H and O–H groups in total. The van der Waals surface area contributed by atoms with Crippen LogP contribution in [0.5, 0.6) is 5.75 Å². The van der Waals surface area contributed by atoms with Crippen LogP contribution >= 0.6 is 11.8 Å². The van der Waals surface area contributed by atoms with Gasteiger partial charge >= 0.3 is 14.5 Å². The number of methoxy groups -OCH3 is 1. The second kappa shape index (κ2) is 14.2. The zero-order chi connectivity index (χ0) is 29.6. The maximum Gasteiger partial charge on any atom is 0.334 e. The number of carbonyl (C=O) groups is 1. The van der Waals surface area contributed by atoms with E-state index < -0.39 is 8.56 Å². The van der Waals surface area contributed by atoms with Gasteiger partial charge in [0, 0.05) is 37.9 Å². The first-order valence-corrected chi connectivity index (χ1v) is 18.8. The summed E-state index contributed by atoms with van der Waals surface area (Å²) in [5, 5.41) is 0.997. The SMILES string of the molecule is COc1ccc2nccc(C(OC(=O)CC(C)(C)C)[C@@H]3CC4CCN3CC4CCSCCC[Si](C)(OC)OC)c2c1. The van der Waals surface area contributed by atoms with Crippen molar-refractivity contribution in [1.82, 2.24) is 9.88 Å². The van der Waals surface area contributed by atoms with Crippen LogP contribution in [0.1, 0.15) is 64.5 Å². The molecule has 3 saturated heterocycles. The van der Waals surface area contributed by atoms with Crippen LogP contribution in [0, 0.1) is 17.3 Å². The van der Waals surface area contributed by atoms with E-state index in [1.165, 1.54) is 18.6 Å². The number of pyridine rings is 1. The minimum Gasteiger partial charge on any atom is -0.497 e. The van der Waals surface area contributed by atoms with Crippen molar-refractivity contribution >= 4 is 37.2 Å². The quantitative estimate of drug-likeness (QED) is 0.132. The molecule has 3 aliphatic heterocycles. The molecule has 2 aromatic rings. The molecule has 228 valence electrons. The van der Waals surface area contributed by atoms with Crippen LogP contribution in [0.3, 0.4) is 0 Å². The van der Waals surface area contributed by atoms with Gasteiger partial charge in [0.05, 0.1) is 25.1 Å². The minimum absolute atomic E-state index is 0.131. The Kier molecular flexibility index (Phi) is 11.2. The fourth-order valence-corrected chi connectivity index (χ4v) is 9.10. The lowest BCUT2D eigenvalue weighted by Gasteiger charge is -2.52. The third-order valence-electron chi connectivity index (χ3n) is 8.92. The molecule has 9 heteroatoms. The van der Waals surface area contributed by atoms with Crippen molar-refractivity contribution in [1.29, 1.82) is 0 Å². The summed E-state index contributed by atoms with van der Waals surface area (Å²) in [7, 11) is 3.26. The molecule has 1 aromatic heterocycles. The van der Waals surface area contributed by atoms with Gasteiger partial charge in [-0.3, -0.25) is 14.7 Å². The third kappa shape index (κ3) is 8.47. The fourth-order valence-electron chi connectivity index (χ4n) is 6.43. The number of esters is 1. The zero-order valence-electron chi connectivity index (χ0n) is 26.1. The summed E-state index contributed by atoms with van der Waals surface area (Å²) in [6.07, 6.45) is 6.57. The number of piperidine rings is 3. The third-order valence-corrected chi connectivity index (χ3v) is 13.0. The van der Waals surface area contributed by atoms with E-state index in [4.69, 9.17) is 18.3 Å². The van der Waals surface area contributed by atoms with E-state index in [0.717, 1.165) is 59.9 Å². The summed E-state index contributed by atoms with van der Waals surface area (Å²) in [5.74, 6) is 4.36. The van der Waals surface area contributed by atoms with Crippen LogP contribution in [0.4, 0.5) is 0 Å². The number of nitrogens with zero attached hydrogens (tertiary/aromatic N) is 2. The Labute approximate surface area is 252 Å². The molecule has 1 aromatic carbocycles. The number of carbonyl (C=O) groups excluding carboxylic acids is 1. The molecule has 2 bridgehead atoms. The molecule has 4 unspecified atom stereocenters. The lowest BCUT2D eigenvalue weighted by Crippen LogP contribution is -2.56. The fraction of sp³-hybridized carbons (Fsp3) is 0.688. The first-order valence-electron chi connectivity index (χ1n) is 15.1. The molecule has 0 saturated carbocycles. The Morgan fingerprint density at radius 2 is 1.95 bits per heavy atom. The van der Waals surface area contributed by atoms with Crippen molar-refractivity contribution in [2.75, 3.05) is 45.9 Å². The highest BCUT2D eigenvalue weighted by Gasteiger charge is 2.45. The van der Waals surface area contributed by atoms with E-state index in [2.05, 4.69) is 49.0 Å².